The van der Waals surface area contributed by atoms with E-state index >= 15 is 0 Å². The van der Waals surface area contributed by atoms with E-state index < -0.39 is 5.60 Å². The minimum absolute atomic E-state index is 0.431. The first kappa shape index (κ1) is 12.2. The quantitative estimate of drug-likeness (QED) is 0.795. The molecule has 0 atom stereocenters. The van der Waals surface area contributed by atoms with Gasteiger partial charge in [-0.05, 0) is 13.8 Å². The van der Waals surface area contributed by atoms with E-state index in [1.807, 2.05) is 13.8 Å². The summed E-state index contributed by atoms with van der Waals surface area (Å²) in [6, 6.07) is 0. The summed E-state index contributed by atoms with van der Waals surface area (Å²) >= 11 is 0. The van der Waals surface area contributed by atoms with Crippen molar-refractivity contribution in [2.24, 2.45) is 0 Å². The summed E-state index contributed by atoms with van der Waals surface area (Å²) in [5.74, 6) is 0.466. The van der Waals surface area contributed by atoms with Crippen molar-refractivity contribution in [3.63, 3.8) is 0 Å². The molecule has 17 heavy (non-hydrogen) atoms. The zero-order valence-corrected chi connectivity index (χ0v) is 10.2. The fourth-order valence-corrected chi connectivity index (χ4v) is 1.70. The highest BCUT2D eigenvalue weighted by atomic mass is 16.5. The van der Waals surface area contributed by atoms with E-state index in [4.69, 9.17) is 4.74 Å². The number of aromatic nitrogens is 3. The summed E-state index contributed by atoms with van der Waals surface area (Å²) in [5, 5.41) is 21.2. The van der Waals surface area contributed by atoms with Gasteiger partial charge in [-0.15, -0.1) is 5.10 Å². The Kier molecular flexibility index (Phi) is 3.54. The van der Waals surface area contributed by atoms with Crippen molar-refractivity contribution in [3.05, 3.63) is 11.4 Å². The van der Waals surface area contributed by atoms with Crippen molar-refractivity contribution >= 4 is 5.95 Å². The third-order valence-electron chi connectivity index (χ3n) is 3.09. The summed E-state index contributed by atoms with van der Waals surface area (Å²) in [6.07, 6.45) is 1.27. The second-order valence-corrected chi connectivity index (χ2v) is 4.50. The summed E-state index contributed by atoms with van der Waals surface area (Å²) < 4.78 is 5.22. The maximum absolute atomic E-state index is 10.2. The zero-order valence-electron chi connectivity index (χ0n) is 10.2. The highest BCUT2D eigenvalue weighted by Gasteiger charge is 2.29. The molecule has 0 bridgehead atoms. The van der Waals surface area contributed by atoms with Crippen LogP contribution in [0.5, 0.6) is 0 Å². The summed E-state index contributed by atoms with van der Waals surface area (Å²) in [5.41, 5.74) is 0.947. The van der Waals surface area contributed by atoms with E-state index in [-0.39, 0.29) is 0 Å². The zero-order chi connectivity index (χ0) is 12.3. The van der Waals surface area contributed by atoms with Crippen molar-refractivity contribution in [3.8, 4) is 0 Å². The Morgan fingerprint density at radius 1 is 1.24 bits per heavy atom. The first-order valence-corrected chi connectivity index (χ1v) is 5.81. The number of nitrogens with one attached hydrogen (secondary N) is 1. The predicted octanol–water partition coefficient (Wildman–Crippen LogP) is 0.442. The molecular formula is C11H18N4O2. The Morgan fingerprint density at radius 3 is 2.59 bits per heavy atom. The van der Waals surface area contributed by atoms with Gasteiger partial charge in [0.2, 0.25) is 5.95 Å². The van der Waals surface area contributed by atoms with E-state index in [0.717, 1.165) is 11.4 Å². The molecule has 0 amide bonds. The number of aliphatic hydroxyl groups is 1. The molecule has 6 heteroatoms. The van der Waals surface area contributed by atoms with Gasteiger partial charge in [0.05, 0.1) is 17.0 Å². The molecule has 6 nitrogen and oxygen atoms in total. The molecule has 94 valence electrons. The van der Waals surface area contributed by atoms with Crippen LogP contribution >= 0.6 is 0 Å². The monoisotopic (exact) mass is 238 g/mol. The smallest absolute Gasteiger partial charge is 0.243 e. The van der Waals surface area contributed by atoms with Crippen LogP contribution in [0.25, 0.3) is 0 Å². The normalized spacial score (nSPS) is 19.0. The summed E-state index contributed by atoms with van der Waals surface area (Å²) in [4.78, 5) is 4.26. The van der Waals surface area contributed by atoms with E-state index in [1.165, 1.54) is 0 Å². The molecule has 2 heterocycles. The lowest BCUT2D eigenvalue weighted by Gasteiger charge is -2.31. The van der Waals surface area contributed by atoms with Gasteiger partial charge in [-0.3, -0.25) is 0 Å². The average molecular weight is 238 g/mol. The number of nitrogens with zero attached hydrogens (tertiary/aromatic N) is 3. The van der Waals surface area contributed by atoms with Gasteiger partial charge in [0.25, 0.3) is 0 Å². The highest BCUT2D eigenvalue weighted by molar-refractivity contribution is 5.25. The topological polar surface area (TPSA) is 80.2 Å². The Hall–Kier alpha value is -1.27. The molecule has 0 saturated carbocycles. The molecule has 2 rings (SSSR count). The van der Waals surface area contributed by atoms with Crippen LogP contribution < -0.4 is 5.32 Å². The first-order chi connectivity index (χ1) is 8.09. The average Bonchev–Trinajstić information content (AvgIpc) is 2.32. The largest absolute Gasteiger partial charge is 0.388 e. The van der Waals surface area contributed by atoms with Crippen LogP contribution in [0.2, 0.25) is 0 Å². The van der Waals surface area contributed by atoms with Crippen LogP contribution in [-0.4, -0.2) is 45.6 Å². The molecule has 0 unspecified atom stereocenters. The molecule has 1 fully saturated rings. The minimum atomic E-state index is -0.722. The van der Waals surface area contributed by atoms with Gasteiger partial charge in [0, 0.05) is 32.6 Å². The minimum Gasteiger partial charge on any atom is -0.388 e. The van der Waals surface area contributed by atoms with Gasteiger partial charge in [0.1, 0.15) is 0 Å². The first-order valence-electron chi connectivity index (χ1n) is 5.81. The van der Waals surface area contributed by atoms with Gasteiger partial charge >= 0.3 is 0 Å². The van der Waals surface area contributed by atoms with Crippen LogP contribution in [0, 0.1) is 13.8 Å². The molecule has 0 aromatic carbocycles. The van der Waals surface area contributed by atoms with E-state index in [0.29, 0.717) is 38.5 Å². The third-order valence-corrected chi connectivity index (χ3v) is 3.09. The van der Waals surface area contributed by atoms with Crippen molar-refractivity contribution in [2.45, 2.75) is 32.3 Å². The van der Waals surface area contributed by atoms with Crippen molar-refractivity contribution in [2.75, 3.05) is 25.1 Å². The fraction of sp³-hybridized carbons (Fsp3) is 0.727. The third kappa shape index (κ3) is 3.10. The molecule has 0 aliphatic carbocycles. The lowest BCUT2D eigenvalue weighted by atomic mass is 9.94. The number of aryl methyl sites for hydroxylation is 2. The van der Waals surface area contributed by atoms with E-state index in [1.54, 1.807) is 0 Å². The lowest BCUT2D eigenvalue weighted by molar-refractivity contribution is -0.0544. The van der Waals surface area contributed by atoms with Gasteiger partial charge < -0.3 is 15.2 Å². The summed E-state index contributed by atoms with van der Waals surface area (Å²) in [6.45, 7) is 5.39. The Labute approximate surface area is 100 Å². The van der Waals surface area contributed by atoms with Crippen LogP contribution in [0.1, 0.15) is 24.2 Å². The number of rotatable bonds is 3. The number of hydrogen-bond acceptors (Lipinski definition) is 6. The van der Waals surface area contributed by atoms with Crippen LogP contribution in [0.3, 0.4) is 0 Å². The maximum atomic E-state index is 10.2. The van der Waals surface area contributed by atoms with Crippen molar-refractivity contribution in [1.29, 1.82) is 0 Å². The van der Waals surface area contributed by atoms with Crippen LogP contribution in [0.4, 0.5) is 5.95 Å². The van der Waals surface area contributed by atoms with Gasteiger partial charge in [-0.2, -0.15) is 5.10 Å². The van der Waals surface area contributed by atoms with E-state index in [2.05, 4.69) is 20.5 Å². The predicted molar refractivity (Wildman–Crippen MR) is 62.8 cm³/mol. The van der Waals surface area contributed by atoms with Gasteiger partial charge in [0.15, 0.2) is 0 Å². The number of anilines is 1. The Balaban J connectivity index is 1.94. The molecule has 2 N–H and O–H groups in total. The maximum Gasteiger partial charge on any atom is 0.243 e. The molecular weight excluding hydrogens is 220 g/mol. The van der Waals surface area contributed by atoms with Crippen LogP contribution in [0.15, 0.2) is 0 Å². The molecule has 1 aromatic rings. The highest BCUT2D eigenvalue weighted by Crippen LogP contribution is 2.20. The lowest BCUT2D eigenvalue weighted by Crippen LogP contribution is -2.42. The number of hydrogen-bond donors (Lipinski definition) is 2. The summed E-state index contributed by atoms with van der Waals surface area (Å²) in [7, 11) is 0. The molecule has 1 saturated heterocycles. The molecule has 0 radical (unpaired) electrons. The second kappa shape index (κ2) is 4.93. The van der Waals surface area contributed by atoms with Crippen LogP contribution in [-0.2, 0) is 4.74 Å². The standard InChI is InChI=1S/C11H18N4O2/c1-8-9(2)14-15-10(13-8)12-7-11(16)3-5-17-6-4-11/h16H,3-7H2,1-2H3,(H,12,13,15). The van der Waals surface area contributed by atoms with Crippen molar-refractivity contribution in [1.82, 2.24) is 15.2 Å². The molecule has 1 aromatic heterocycles. The molecule has 1 aliphatic heterocycles. The second-order valence-electron chi connectivity index (χ2n) is 4.50. The number of ether oxygens (including phenoxy) is 1. The molecule has 1 aliphatic rings. The van der Waals surface area contributed by atoms with Crippen molar-refractivity contribution < 1.29 is 9.84 Å². The SMILES string of the molecule is Cc1nnc(NCC2(O)CCOCC2)nc1C. The molecule has 0 spiro atoms. The van der Waals surface area contributed by atoms with Gasteiger partial charge in [-0.1, -0.05) is 0 Å². The van der Waals surface area contributed by atoms with E-state index in [9.17, 15) is 5.11 Å². The Bertz CT molecular complexity index is 391. The fourth-order valence-electron chi connectivity index (χ4n) is 1.70. The Morgan fingerprint density at radius 2 is 1.94 bits per heavy atom. The van der Waals surface area contributed by atoms with Gasteiger partial charge in [-0.25, -0.2) is 4.98 Å².